The number of carbonyl (C=O) groups excluding carboxylic acids is 1. The van der Waals surface area contributed by atoms with Crippen LogP contribution in [0.3, 0.4) is 0 Å². The molecule has 0 saturated carbocycles. The van der Waals surface area contributed by atoms with E-state index in [1.807, 2.05) is 13.8 Å². The number of thiophene rings is 1. The molecule has 1 heterocycles. The van der Waals surface area contributed by atoms with Crippen LogP contribution in [0, 0.1) is 0 Å². The number of carbonyl (C=O) groups is 1. The lowest BCUT2D eigenvalue weighted by Gasteiger charge is -2.09. The Morgan fingerprint density at radius 1 is 1.47 bits per heavy atom. The van der Waals surface area contributed by atoms with E-state index in [4.69, 9.17) is 15.2 Å². The Morgan fingerprint density at radius 2 is 2.16 bits per heavy atom. The number of nitrogen functional groups attached to an aromatic ring is 1. The fourth-order valence-corrected chi connectivity index (χ4v) is 2.55. The summed E-state index contributed by atoms with van der Waals surface area (Å²) in [6, 6.07) is 0. The molecule has 0 atom stereocenters. The Hall–Kier alpha value is -1.47. The van der Waals surface area contributed by atoms with Gasteiger partial charge >= 0.3 is 0 Å². The molecule has 0 aliphatic heterocycles. The molecule has 4 N–H and O–H groups in total. The maximum absolute atomic E-state index is 11.6. The molecule has 0 aromatic carbocycles. The summed E-state index contributed by atoms with van der Waals surface area (Å²) >= 11 is 1.27. The predicted octanol–water partition coefficient (Wildman–Crippen LogP) is 1.54. The molecule has 1 aromatic heterocycles. The van der Waals surface area contributed by atoms with E-state index in [-0.39, 0.29) is 12.0 Å². The molecule has 0 saturated heterocycles. The molecular weight excluding hydrogens is 266 g/mol. The maximum Gasteiger partial charge on any atom is 0.263 e. The van der Waals surface area contributed by atoms with Crippen molar-refractivity contribution in [2.75, 3.05) is 38.4 Å². The number of nitrogens with one attached hydrogen (secondary N) is 2. The van der Waals surface area contributed by atoms with Gasteiger partial charge in [-0.05, 0) is 13.8 Å². The smallest absolute Gasteiger partial charge is 0.263 e. The Balaban J connectivity index is 2.74. The van der Waals surface area contributed by atoms with Crippen molar-refractivity contribution in [2.45, 2.75) is 20.0 Å². The molecule has 0 spiro atoms. The van der Waals surface area contributed by atoms with Crippen LogP contribution in [0.5, 0.6) is 5.75 Å². The van der Waals surface area contributed by atoms with Crippen molar-refractivity contribution in [3.63, 3.8) is 0 Å². The van der Waals surface area contributed by atoms with E-state index in [1.54, 1.807) is 7.05 Å². The van der Waals surface area contributed by atoms with Gasteiger partial charge in [0.25, 0.3) is 5.91 Å². The summed E-state index contributed by atoms with van der Waals surface area (Å²) in [5.41, 5.74) is 6.26. The van der Waals surface area contributed by atoms with Gasteiger partial charge in [-0.15, -0.1) is 11.3 Å². The zero-order valence-corrected chi connectivity index (χ0v) is 12.5. The second-order valence-electron chi connectivity index (χ2n) is 4.13. The molecule has 0 bridgehead atoms. The zero-order valence-electron chi connectivity index (χ0n) is 11.7. The molecule has 0 aliphatic rings. The van der Waals surface area contributed by atoms with Crippen LogP contribution < -0.4 is 21.1 Å². The summed E-state index contributed by atoms with van der Waals surface area (Å²) in [5.74, 6) is 0.292. The minimum atomic E-state index is -0.215. The molecule has 0 fully saturated rings. The van der Waals surface area contributed by atoms with Crippen molar-refractivity contribution in [2.24, 2.45) is 0 Å². The number of methoxy groups -OCH3 is 1. The molecule has 0 radical (unpaired) electrons. The summed E-state index contributed by atoms with van der Waals surface area (Å²) in [6.07, 6.45) is 0.193. The third-order valence-electron chi connectivity index (χ3n) is 2.38. The highest BCUT2D eigenvalue weighted by atomic mass is 32.1. The quantitative estimate of drug-likeness (QED) is 0.662. The maximum atomic E-state index is 11.6. The molecule has 6 nitrogen and oxygen atoms in total. The van der Waals surface area contributed by atoms with Gasteiger partial charge < -0.3 is 25.8 Å². The van der Waals surface area contributed by atoms with Crippen LogP contribution >= 0.6 is 11.3 Å². The average molecular weight is 287 g/mol. The van der Waals surface area contributed by atoms with E-state index in [2.05, 4.69) is 10.6 Å². The zero-order chi connectivity index (χ0) is 14.4. The van der Waals surface area contributed by atoms with Crippen LogP contribution in [0.2, 0.25) is 0 Å². The second kappa shape index (κ2) is 7.20. The van der Waals surface area contributed by atoms with E-state index in [9.17, 15) is 4.79 Å². The highest BCUT2D eigenvalue weighted by Crippen LogP contribution is 2.42. The lowest BCUT2D eigenvalue weighted by atomic mass is 10.3. The highest BCUT2D eigenvalue weighted by molar-refractivity contribution is 7.19. The van der Waals surface area contributed by atoms with E-state index in [1.165, 1.54) is 18.4 Å². The Bertz CT molecular complexity index is 432. The van der Waals surface area contributed by atoms with Gasteiger partial charge in [-0.2, -0.15) is 0 Å². The first kappa shape index (κ1) is 15.6. The highest BCUT2D eigenvalue weighted by Gasteiger charge is 2.20. The van der Waals surface area contributed by atoms with Crippen molar-refractivity contribution in [1.82, 2.24) is 5.32 Å². The average Bonchev–Trinajstić information content (AvgIpc) is 2.70. The van der Waals surface area contributed by atoms with Crippen molar-refractivity contribution in [1.29, 1.82) is 0 Å². The summed E-state index contributed by atoms with van der Waals surface area (Å²) in [4.78, 5) is 12.1. The molecule has 1 amide bonds. The van der Waals surface area contributed by atoms with E-state index in [0.29, 0.717) is 29.5 Å². The SMILES string of the molecule is CNC(=O)c1sc(NCCOC(C)C)c(OC)c1N. The number of nitrogens with two attached hydrogens (primary N) is 1. The van der Waals surface area contributed by atoms with Crippen LogP contribution in [-0.4, -0.2) is 39.3 Å². The molecule has 108 valence electrons. The van der Waals surface area contributed by atoms with Gasteiger partial charge in [0, 0.05) is 13.6 Å². The first-order valence-corrected chi connectivity index (χ1v) is 6.86. The first-order chi connectivity index (χ1) is 9.01. The molecule has 1 aromatic rings. The Labute approximate surface area is 117 Å². The van der Waals surface area contributed by atoms with Crippen LogP contribution in [0.4, 0.5) is 10.7 Å². The standard InChI is InChI=1S/C12H21N3O3S/c1-7(2)18-6-5-15-12-9(17-4)8(13)10(19-12)11(16)14-3/h7,15H,5-6,13H2,1-4H3,(H,14,16). The van der Waals surface area contributed by atoms with Crippen LogP contribution in [-0.2, 0) is 4.74 Å². The molecular formula is C12H21N3O3S. The van der Waals surface area contributed by atoms with Gasteiger partial charge in [-0.25, -0.2) is 0 Å². The third kappa shape index (κ3) is 4.00. The summed E-state index contributed by atoms with van der Waals surface area (Å²) in [5, 5.41) is 6.46. The van der Waals surface area contributed by atoms with Crippen LogP contribution in [0.1, 0.15) is 23.5 Å². The molecule has 19 heavy (non-hydrogen) atoms. The van der Waals surface area contributed by atoms with E-state index in [0.717, 1.165) is 5.00 Å². The Morgan fingerprint density at radius 3 is 2.68 bits per heavy atom. The Kier molecular flexibility index (Phi) is 5.91. The number of anilines is 2. The van der Waals surface area contributed by atoms with Crippen molar-refractivity contribution in [3.8, 4) is 5.75 Å². The predicted molar refractivity (Wildman–Crippen MR) is 78.3 cm³/mol. The number of hydrogen-bond donors (Lipinski definition) is 3. The van der Waals surface area contributed by atoms with Crippen LogP contribution in [0.15, 0.2) is 0 Å². The third-order valence-corrected chi connectivity index (χ3v) is 3.52. The lowest BCUT2D eigenvalue weighted by molar-refractivity contribution is 0.0870. The molecule has 0 unspecified atom stereocenters. The fourth-order valence-electron chi connectivity index (χ4n) is 1.49. The van der Waals surface area contributed by atoms with Gasteiger partial charge in [0.1, 0.15) is 15.6 Å². The summed E-state index contributed by atoms with van der Waals surface area (Å²) in [6.45, 7) is 5.16. The first-order valence-electron chi connectivity index (χ1n) is 6.05. The van der Waals surface area contributed by atoms with E-state index >= 15 is 0 Å². The normalized spacial score (nSPS) is 10.6. The number of ether oxygens (including phenoxy) is 2. The summed E-state index contributed by atoms with van der Waals surface area (Å²) < 4.78 is 10.7. The lowest BCUT2D eigenvalue weighted by Crippen LogP contribution is -2.17. The molecule has 1 rings (SSSR count). The van der Waals surface area contributed by atoms with Gasteiger partial charge in [0.2, 0.25) is 0 Å². The molecule has 7 heteroatoms. The second-order valence-corrected chi connectivity index (χ2v) is 5.15. The number of amides is 1. The van der Waals surface area contributed by atoms with Gasteiger partial charge in [0.15, 0.2) is 5.75 Å². The van der Waals surface area contributed by atoms with E-state index < -0.39 is 0 Å². The van der Waals surface area contributed by atoms with Crippen molar-refractivity contribution >= 4 is 27.9 Å². The number of rotatable bonds is 7. The van der Waals surface area contributed by atoms with Crippen molar-refractivity contribution in [3.05, 3.63) is 4.88 Å². The van der Waals surface area contributed by atoms with Gasteiger partial charge in [-0.3, -0.25) is 4.79 Å². The monoisotopic (exact) mass is 287 g/mol. The van der Waals surface area contributed by atoms with Crippen LogP contribution in [0.25, 0.3) is 0 Å². The largest absolute Gasteiger partial charge is 0.492 e. The minimum Gasteiger partial charge on any atom is -0.492 e. The van der Waals surface area contributed by atoms with Crippen molar-refractivity contribution < 1.29 is 14.3 Å². The minimum absolute atomic E-state index is 0.193. The fraction of sp³-hybridized carbons (Fsp3) is 0.583. The topological polar surface area (TPSA) is 85.6 Å². The molecule has 0 aliphatic carbocycles. The van der Waals surface area contributed by atoms with Gasteiger partial charge in [0.05, 0.1) is 19.8 Å². The van der Waals surface area contributed by atoms with Gasteiger partial charge in [-0.1, -0.05) is 0 Å². The summed E-state index contributed by atoms with van der Waals surface area (Å²) in [7, 11) is 3.10. The number of hydrogen-bond acceptors (Lipinski definition) is 6.